The molecule has 1 saturated carbocycles. The van der Waals surface area contributed by atoms with Crippen LogP contribution in [-0.2, 0) is 10.0 Å². The summed E-state index contributed by atoms with van der Waals surface area (Å²) in [6.45, 7) is 3.83. The van der Waals surface area contributed by atoms with Crippen LogP contribution in [0.3, 0.4) is 0 Å². The van der Waals surface area contributed by atoms with Crippen molar-refractivity contribution in [2.24, 2.45) is 5.92 Å². The molecule has 0 aliphatic heterocycles. The molecule has 38 heavy (non-hydrogen) atoms. The van der Waals surface area contributed by atoms with E-state index in [-0.39, 0.29) is 16.8 Å². The standard InChI is InChI=1S/C31H36FNO4S/c1-3-4-5-7-22-10-12-23(13-11-22)24-14-16-25(17-15-24)27-8-6-9-29(30(27)32)38(36,37)33-28-19-18-26(31(34)35)20-21(28)2/h6,8-9,14-20,22-23,33H,3-5,7,10-13H2,1-2H3,(H,34,35). The number of aryl methyl sites for hydroxylation is 1. The van der Waals surface area contributed by atoms with Crippen LogP contribution in [0.2, 0.25) is 0 Å². The zero-order valence-electron chi connectivity index (χ0n) is 22.0. The van der Waals surface area contributed by atoms with Gasteiger partial charge in [0.1, 0.15) is 4.90 Å². The number of rotatable bonds is 10. The highest BCUT2D eigenvalue weighted by molar-refractivity contribution is 7.92. The number of hydrogen-bond donors (Lipinski definition) is 2. The third-order valence-electron chi connectivity index (χ3n) is 7.73. The van der Waals surface area contributed by atoms with E-state index in [0.29, 0.717) is 17.0 Å². The maximum atomic E-state index is 15.6. The van der Waals surface area contributed by atoms with Crippen molar-refractivity contribution in [1.82, 2.24) is 0 Å². The number of carbonyl (C=O) groups is 1. The lowest BCUT2D eigenvalue weighted by molar-refractivity contribution is 0.0696. The first-order valence-electron chi connectivity index (χ1n) is 13.4. The number of benzene rings is 3. The molecule has 0 heterocycles. The van der Waals surface area contributed by atoms with E-state index >= 15 is 4.39 Å². The molecule has 0 aromatic heterocycles. The summed E-state index contributed by atoms with van der Waals surface area (Å²) < 4.78 is 44.1. The van der Waals surface area contributed by atoms with Crippen molar-refractivity contribution < 1.29 is 22.7 Å². The van der Waals surface area contributed by atoms with Crippen LogP contribution in [0.4, 0.5) is 10.1 Å². The van der Waals surface area contributed by atoms with Crippen LogP contribution in [0, 0.1) is 18.7 Å². The molecule has 202 valence electrons. The van der Waals surface area contributed by atoms with Gasteiger partial charge in [-0.1, -0.05) is 69.0 Å². The Morgan fingerprint density at radius 1 is 1.00 bits per heavy atom. The largest absolute Gasteiger partial charge is 0.478 e. The number of aromatic carboxylic acids is 1. The number of carboxylic acids is 1. The minimum absolute atomic E-state index is 0.0436. The van der Waals surface area contributed by atoms with E-state index in [1.807, 2.05) is 24.3 Å². The maximum absolute atomic E-state index is 15.6. The van der Waals surface area contributed by atoms with E-state index in [1.54, 1.807) is 13.0 Å². The number of unbranched alkanes of at least 4 members (excludes halogenated alkanes) is 2. The highest BCUT2D eigenvalue weighted by Crippen LogP contribution is 2.38. The van der Waals surface area contributed by atoms with Crippen molar-refractivity contribution in [3.8, 4) is 11.1 Å². The summed E-state index contributed by atoms with van der Waals surface area (Å²) in [5.74, 6) is -0.575. The van der Waals surface area contributed by atoms with E-state index < -0.39 is 26.7 Å². The van der Waals surface area contributed by atoms with Crippen LogP contribution in [-0.4, -0.2) is 19.5 Å². The van der Waals surface area contributed by atoms with E-state index in [2.05, 4.69) is 11.6 Å². The highest BCUT2D eigenvalue weighted by Gasteiger charge is 2.24. The molecule has 0 atom stereocenters. The monoisotopic (exact) mass is 537 g/mol. The van der Waals surface area contributed by atoms with Gasteiger partial charge in [0, 0.05) is 5.56 Å². The second-order valence-corrected chi connectivity index (χ2v) is 12.0. The van der Waals surface area contributed by atoms with Gasteiger partial charge in [-0.3, -0.25) is 4.72 Å². The molecule has 3 aromatic carbocycles. The Labute approximate surface area is 225 Å². The number of hydrogen-bond acceptors (Lipinski definition) is 3. The maximum Gasteiger partial charge on any atom is 0.335 e. The zero-order chi connectivity index (χ0) is 27.3. The van der Waals surface area contributed by atoms with Gasteiger partial charge < -0.3 is 5.11 Å². The summed E-state index contributed by atoms with van der Waals surface area (Å²) in [6, 6.07) is 16.2. The van der Waals surface area contributed by atoms with E-state index in [9.17, 15) is 13.2 Å². The fraction of sp³-hybridized carbons (Fsp3) is 0.387. The number of anilines is 1. The summed E-state index contributed by atoms with van der Waals surface area (Å²) in [7, 11) is -4.24. The first-order chi connectivity index (χ1) is 18.2. The van der Waals surface area contributed by atoms with Crippen molar-refractivity contribution in [2.45, 2.75) is 76.0 Å². The Morgan fingerprint density at radius 2 is 1.71 bits per heavy atom. The molecular weight excluding hydrogens is 501 g/mol. The van der Waals surface area contributed by atoms with Crippen molar-refractivity contribution in [1.29, 1.82) is 0 Å². The lowest BCUT2D eigenvalue weighted by Crippen LogP contribution is -2.16. The van der Waals surface area contributed by atoms with Crippen LogP contribution in [0.5, 0.6) is 0 Å². The van der Waals surface area contributed by atoms with Crippen molar-refractivity contribution >= 4 is 21.7 Å². The smallest absolute Gasteiger partial charge is 0.335 e. The Kier molecular flexibility index (Phi) is 8.87. The molecule has 3 aromatic rings. The van der Waals surface area contributed by atoms with E-state index in [1.165, 1.54) is 87.3 Å². The molecule has 1 aliphatic rings. The molecule has 0 unspecified atom stereocenters. The first-order valence-corrected chi connectivity index (χ1v) is 14.9. The lowest BCUT2D eigenvalue weighted by Gasteiger charge is -2.29. The van der Waals surface area contributed by atoms with Gasteiger partial charge in [0.25, 0.3) is 10.0 Å². The van der Waals surface area contributed by atoms with Crippen molar-refractivity contribution in [2.75, 3.05) is 4.72 Å². The fourth-order valence-corrected chi connectivity index (χ4v) is 6.69. The van der Waals surface area contributed by atoms with Gasteiger partial charge in [-0.05, 0) is 85.4 Å². The predicted octanol–water partition coefficient (Wildman–Crippen LogP) is 8.15. The topological polar surface area (TPSA) is 83.5 Å². The van der Waals surface area contributed by atoms with Gasteiger partial charge in [0.05, 0.1) is 11.3 Å². The summed E-state index contributed by atoms with van der Waals surface area (Å²) in [4.78, 5) is 10.7. The average Bonchev–Trinajstić information content (AvgIpc) is 2.90. The number of carboxylic acid groups (broad SMARTS) is 1. The molecule has 0 bridgehead atoms. The van der Waals surface area contributed by atoms with Crippen molar-refractivity contribution in [3.63, 3.8) is 0 Å². The second-order valence-electron chi connectivity index (χ2n) is 10.4. The Bertz CT molecular complexity index is 1380. The molecule has 1 aliphatic carbocycles. The Balaban J connectivity index is 1.48. The third-order valence-corrected chi connectivity index (χ3v) is 9.11. The van der Waals surface area contributed by atoms with Gasteiger partial charge in [-0.15, -0.1) is 0 Å². The molecular formula is C31H36FNO4S. The van der Waals surface area contributed by atoms with Crippen LogP contribution >= 0.6 is 0 Å². The van der Waals surface area contributed by atoms with Gasteiger partial charge >= 0.3 is 5.97 Å². The van der Waals surface area contributed by atoms with Crippen molar-refractivity contribution in [3.05, 3.63) is 83.2 Å². The molecule has 0 radical (unpaired) electrons. The Morgan fingerprint density at radius 3 is 2.34 bits per heavy atom. The lowest BCUT2D eigenvalue weighted by atomic mass is 9.77. The Hall–Kier alpha value is -3.19. The summed E-state index contributed by atoms with van der Waals surface area (Å²) in [5, 5.41) is 9.14. The molecule has 2 N–H and O–H groups in total. The molecule has 4 rings (SSSR count). The average molecular weight is 538 g/mol. The van der Waals surface area contributed by atoms with Crippen LogP contribution < -0.4 is 4.72 Å². The van der Waals surface area contributed by atoms with Gasteiger partial charge in [-0.25, -0.2) is 17.6 Å². The normalized spacial score (nSPS) is 17.8. The second kappa shape index (κ2) is 12.1. The third kappa shape index (κ3) is 6.44. The summed E-state index contributed by atoms with van der Waals surface area (Å²) in [5.41, 5.74) is 2.77. The molecule has 5 nitrogen and oxygen atoms in total. The first kappa shape index (κ1) is 27.8. The quantitative estimate of drug-likeness (QED) is 0.256. The number of sulfonamides is 1. The SMILES string of the molecule is CCCCCC1CCC(c2ccc(-c3cccc(S(=O)(=O)Nc4ccc(C(=O)O)cc4C)c3F)cc2)CC1. The van der Waals surface area contributed by atoms with Gasteiger partial charge in [0.2, 0.25) is 0 Å². The van der Waals surface area contributed by atoms with E-state index in [4.69, 9.17) is 5.11 Å². The summed E-state index contributed by atoms with van der Waals surface area (Å²) >= 11 is 0. The van der Waals surface area contributed by atoms with Gasteiger partial charge in [-0.2, -0.15) is 0 Å². The van der Waals surface area contributed by atoms with Crippen LogP contribution in [0.25, 0.3) is 11.1 Å². The molecule has 0 amide bonds. The number of halogens is 1. The molecule has 7 heteroatoms. The van der Waals surface area contributed by atoms with E-state index in [0.717, 1.165) is 5.92 Å². The minimum atomic E-state index is -4.24. The summed E-state index contributed by atoms with van der Waals surface area (Å²) in [6.07, 6.45) is 10.1. The molecule has 0 spiro atoms. The highest BCUT2D eigenvalue weighted by atomic mass is 32.2. The van der Waals surface area contributed by atoms with Gasteiger partial charge in [0.15, 0.2) is 5.82 Å². The number of nitrogens with one attached hydrogen (secondary N) is 1. The zero-order valence-corrected chi connectivity index (χ0v) is 22.9. The molecule has 1 fully saturated rings. The predicted molar refractivity (Wildman–Crippen MR) is 150 cm³/mol. The van der Waals surface area contributed by atoms with Crippen LogP contribution in [0.1, 0.15) is 85.7 Å². The fourth-order valence-electron chi connectivity index (χ4n) is 5.45. The van der Waals surface area contributed by atoms with Crippen LogP contribution in [0.15, 0.2) is 65.6 Å². The molecule has 0 saturated heterocycles. The minimum Gasteiger partial charge on any atom is -0.478 e.